The largest absolute Gasteiger partial charge is 0.466 e. The smallest absolute Gasteiger partial charge is 0.407 e. The normalized spacial score (nSPS) is 14.2. The summed E-state index contributed by atoms with van der Waals surface area (Å²) in [7, 11) is 0. The average molecular weight is 442 g/mol. The van der Waals surface area contributed by atoms with E-state index >= 15 is 0 Å². The van der Waals surface area contributed by atoms with Crippen LogP contribution < -0.4 is 5.32 Å². The van der Waals surface area contributed by atoms with Gasteiger partial charge in [0.05, 0.1) is 18.6 Å². The Balaban J connectivity index is 2.21. The molecule has 2 aromatic carbocycles. The van der Waals surface area contributed by atoms with Gasteiger partial charge in [-0.05, 0) is 64.2 Å². The third-order valence-electron chi connectivity index (χ3n) is 5.08. The number of hydrogen-bond acceptors (Lipinski definition) is 5. The van der Waals surface area contributed by atoms with Crippen LogP contribution in [0.2, 0.25) is 0 Å². The first kappa shape index (κ1) is 25.4. The lowest BCUT2D eigenvalue weighted by atomic mass is 9.82. The summed E-state index contributed by atoms with van der Waals surface area (Å²) in [6.45, 7) is 8.58. The maximum absolute atomic E-state index is 12.5. The number of aliphatic hydroxyl groups is 1. The molecular weight excluding hydrogens is 406 g/mol. The Bertz CT molecular complexity index is 873. The molecule has 174 valence electrons. The van der Waals surface area contributed by atoms with Gasteiger partial charge in [0, 0.05) is 6.04 Å². The van der Waals surface area contributed by atoms with Crippen LogP contribution in [0, 0.1) is 5.41 Å². The maximum Gasteiger partial charge on any atom is 0.407 e. The number of aliphatic hydroxyl groups excluding tert-OH is 1. The second-order valence-corrected chi connectivity index (χ2v) is 9.25. The Labute approximate surface area is 190 Å². The summed E-state index contributed by atoms with van der Waals surface area (Å²) < 4.78 is 10.6. The van der Waals surface area contributed by atoms with Crippen LogP contribution in [0.1, 0.15) is 46.6 Å². The van der Waals surface area contributed by atoms with Crippen LogP contribution in [-0.2, 0) is 20.7 Å². The Hall–Kier alpha value is -2.86. The molecule has 2 unspecified atom stereocenters. The average Bonchev–Trinajstić information content (AvgIpc) is 2.73. The molecule has 0 aliphatic rings. The number of carbonyl (C=O) groups is 2. The molecule has 6 heteroatoms. The monoisotopic (exact) mass is 441 g/mol. The maximum atomic E-state index is 12.5. The minimum atomic E-state index is -1.14. The number of amides is 1. The van der Waals surface area contributed by atoms with Crippen molar-refractivity contribution in [2.45, 2.75) is 59.1 Å². The van der Waals surface area contributed by atoms with E-state index in [9.17, 15) is 14.7 Å². The van der Waals surface area contributed by atoms with E-state index in [1.807, 2.05) is 54.6 Å². The lowest BCUT2D eigenvalue weighted by Gasteiger charge is -2.31. The topological polar surface area (TPSA) is 84.9 Å². The molecule has 2 N–H and O–H groups in total. The molecule has 2 aromatic rings. The highest BCUT2D eigenvalue weighted by Crippen LogP contribution is 2.27. The van der Waals surface area contributed by atoms with E-state index in [2.05, 4.69) is 5.32 Å². The zero-order chi connectivity index (χ0) is 23.8. The quantitative estimate of drug-likeness (QED) is 0.549. The zero-order valence-corrected chi connectivity index (χ0v) is 19.7. The van der Waals surface area contributed by atoms with Gasteiger partial charge in [-0.25, -0.2) is 4.79 Å². The Kier molecular flexibility index (Phi) is 8.84. The Morgan fingerprint density at radius 3 is 2.09 bits per heavy atom. The van der Waals surface area contributed by atoms with Gasteiger partial charge >= 0.3 is 12.1 Å². The fourth-order valence-corrected chi connectivity index (χ4v) is 3.46. The summed E-state index contributed by atoms with van der Waals surface area (Å²) in [4.78, 5) is 24.9. The highest BCUT2D eigenvalue weighted by atomic mass is 16.6. The lowest BCUT2D eigenvalue weighted by molar-refractivity contribution is -0.157. The molecule has 0 spiro atoms. The molecule has 0 aliphatic carbocycles. The molecule has 2 rings (SSSR count). The van der Waals surface area contributed by atoms with Gasteiger partial charge < -0.3 is 19.9 Å². The van der Waals surface area contributed by atoms with Gasteiger partial charge in [-0.15, -0.1) is 0 Å². The summed E-state index contributed by atoms with van der Waals surface area (Å²) >= 11 is 0. The molecule has 0 aliphatic heterocycles. The number of rotatable bonds is 9. The first-order chi connectivity index (χ1) is 15.1. The van der Waals surface area contributed by atoms with E-state index < -0.39 is 29.1 Å². The fraction of sp³-hybridized carbons (Fsp3) is 0.462. The molecule has 2 atom stereocenters. The van der Waals surface area contributed by atoms with Crippen LogP contribution in [0.25, 0.3) is 11.1 Å². The Morgan fingerprint density at radius 1 is 0.969 bits per heavy atom. The van der Waals surface area contributed by atoms with Crippen molar-refractivity contribution in [2.75, 3.05) is 13.2 Å². The van der Waals surface area contributed by atoms with Crippen LogP contribution in [0.15, 0.2) is 54.6 Å². The SMILES string of the molecule is CCOC(=O)C(C)(CO)CC(Cc1ccc(-c2ccccc2)cc1)NC(=O)OC(C)(C)C. The molecular formula is C26H35NO5. The Morgan fingerprint density at radius 2 is 1.56 bits per heavy atom. The van der Waals surface area contributed by atoms with Crippen molar-refractivity contribution < 1.29 is 24.2 Å². The molecule has 0 bridgehead atoms. The molecule has 0 saturated carbocycles. The lowest BCUT2D eigenvalue weighted by Crippen LogP contribution is -2.46. The predicted octanol–water partition coefficient (Wildman–Crippen LogP) is 4.74. The van der Waals surface area contributed by atoms with Crippen molar-refractivity contribution in [3.8, 4) is 11.1 Å². The van der Waals surface area contributed by atoms with E-state index in [1.165, 1.54) is 0 Å². The molecule has 0 heterocycles. The number of hydrogen-bond donors (Lipinski definition) is 2. The van der Waals surface area contributed by atoms with Crippen LogP contribution in [0.4, 0.5) is 4.79 Å². The van der Waals surface area contributed by atoms with Gasteiger partial charge in [-0.1, -0.05) is 54.6 Å². The van der Waals surface area contributed by atoms with E-state index in [-0.39, 0.29) is 19.6 Å². The molecule has 0 radical (unpaired) electrons. The number of benzene rings is 2. The van der Waals surface area contributed by atoms with Crippen molar-refractivity contribution >= 4 is 12.1 Å². The van der Waals surface area contributed by atoms with Gasteiger partial charge in [0.1, 0.15) is 5.60 Å². The summed E-state index contributed by atoms with van der Waals surface area (Å²) in [5.41, 5.74) is 1.43. The molecule has 0 saturated heterocycles. The van der Waals surface area contributed by atoms with Crippen LogP contribution in [0.3, 0.4) is 0 Å². The fourth-order valence-electron chi connectivity index (χ4n) is 3.46. The summed E-state index contributed by atoms with van der Waals surface area (Å²) in [5.74, 6) is -0.488. The van der Waals surface area contributed by atoms with Gasteiger partial charge in [0.25, 0.3) is 0 Å². The van der Waals surface area contributed by atoms with E-state index in [4.69, 9.17) is 9.47 Å². The van der Waals surface area contributed by atoms with Gasteiger partial charge in [0.2, 0.25) is 0 Å². The molecule has 6 nitrogen and oxygen atoms in total. The highest BCUT2D eigenvalue weighted by Gasteiger charge is 2.37. The molecule has 32 heavy (non-hydrogen) atoms. The van der Waals surface area contributed by atoms with Crippen LogP contribution >= 0.6 is 0 Å². The summed E-state index contributed by atoms with van der Waals surface area (Å²) in [6, 6.07) is 17.7. The highest BCUT2D eigenvalue weighted by molar-refractivity contribution is 5.77. The molecule has 0 fully saturated rings. The van der Waals surface area contributed by atoms with Crippen molar-refractivity contribution in [3.05, 3.63) is 60.2 Å². The number of alkyl carbamates (subject to hydrolysis) is 1. The third kappa shape index (κ3) is 7.68. The summed E-state index contributed by atoms with van der Waals surface area (Å²) in [6.07, 6.45) is 0.123. The number of esters is 1. The van der Waals surface area contributed by atoms with Gasteiger partial charge in [0.15, 0.2) is 0 Å². The first-order valence-electron chi connectivity index (χ1n) is 11.0. The second-order valence-electron chi connectivity index (χ2n) is 9.25. The zero-order valence-electron chi connectivity index (χ0n) is 19.7. The van der Waals surface area contributed by atoms with Crippen LogP contribution in [-0.4, -0.2) is 42.0 Å². The second kappa shape index (κ2) is 11.1. The van der Waals surface area contributed by atoms with E-state index in [0.29, 0.717) is 6.42 Å². The van der Waals surface area contributed by atoms with Crippen molar-refractivity contribution in [1.29, 1.82) is 0 Å². The first-order valence-corrected chi connectivity index (χ1v) is 11.0. The predicted molar refractivity (Wildman–Crippen MR) is 125 cm³/mol. The van der Waals surface area contributed by atoms with E-state index in [1.54, 1.807) is 34.6 Å². The molecule has 0 aromatic heterocycles. The van der Waals surface area contributed by atoms with Crippen molar-refractivity contribution in [1.82, 2.24) is 5.32 Å². The molecule has 1 amide bonds. The van der Waals surface area contributed by atoms with Gasteiger partial charge in [-0.3, -0.25) is 4.79 Å². The number of nitrogens with one attached hydrogen (secondary N) is 1. The minimum Gasteiger partial charge on any atom is -0.466 e. The van der Waals surface area contributed by atoms with Crippen molar-refractivity contribution in [3.63, 3.8) is 0 Å². The summed E-state index contributed by atoms with van der Waals surface area (Å²) in [5, 5.41) is 12.8. The van der Waals surface area contributed by atoms with E-state index in [0.717, 1.165) is 16.7 Å². The number of carbonyl (C=O) groups excluding carboxylic acids is 2. The van der Waals surface area contributed by atoms with Crippen molar-refractivity contribution in [2.24, 2.45) is 5.41 Å². The third-order valence-corrected chi connectivity index (χ3v) is 5.08. The standard InChI is InChI=1S/C26H35NO5/c1-6-31-23(29)26(5,18-28)17-22(27-24(30)32-25(2,3)4)16-19-12-14-21(15-13-19)20-10-8-7-9-11-20/h7-15,22,28H,6,16-18H2,1-5H3,(H,27,30). The minimum absolute atomic E-state index is 0.210. The number of ether oxygens (including phenoxy) is 2. The van der Waals surface area contributed by atoms with Gasteiger partial charge in [-0.2, -0.15) is 0 Å². The van der Waals surface area contributed by atoms with Crippen LogP contribution in [0.5, 0.6) is 0 Å².